The Kier molecular flexibility index (Phi) is 4.96. The molecule has 6 heteroatoms. The van der Waals surface area contributed by atoms with E-state index >= 15 is 0 Å². The molecule has 2 aromatic carbocycles. The van der Waals surface area contributed by atoms with E-state index in [9.17, 15) is 0 Å². The second kappa shape index (κ2) is 7.31. The molecule has 2 N–H and O–H groups in total. The third-order valence-electron chi connectivity index (χ3n) is 3.32. The van der Waals surface area contributed by atoms with E-state index in [-0.39, 0.29) is 0 Å². The monoisotopic (exact) mass is 384 g/mol. The zero-order valence-corrected chi connectivity index (χ0v) is 15.0. The molecule has 24 heavy (non-hydrogen) atoms. The predicted molar refractivity (Wildman–Crippen MR) is 100 cm³/mol. The molecule has 1 heterocycles. The average molecular weight is 385 g/mol. The molecule has 1 aromatic heterocycles. The molecule has 5 nitrogen and oxygen atoms in total. The normalized spacial score (nSPS) is 10.3. The number of aromatic nitrogens is 2. The maximum atomic E-state index is 5.23. The van der Waals surface area contributed by atoms with Gasteiger partial charge in [-0.25, -0.2) is 4.98 Å². The van der Waals surface area contributed by atoms with Crippen molar-refractivity contribution in [1.29, 1.82) is 0 Å². The molecule has 3 rings (SSSR count). The van der Waals surface area contributed by atoms with E-state index in [1.165, 1.54) is 0 Å². The van der Waals surface area contributed by atoms with Gasteiger partial charge in [0, 0.05) is 28.0 Å². The van der Waals surface area contributed by atoms with Crippen LogP contribution >= 0.6 is 15.9 Å². The van der Waals surface area contributed by atoms with E-state index in [2.05, 4.69) is 36.5 Å². The quantitative estimate of drug-likeness (QED) is 0.644. The van der Waals surface area contributed by atoms with Gasteiger partial charge < -0.3 is 15.4 Å². The van der Waals surface area contributed by atoms with Crippen molar-refractivity contribution in [2.75, 3.05) is 17.7 Å². The van der Waals surface area contributed by atoms with Gasteiger partial charge in [-0.1, -0.05) is 18.2 Å². The van der Waals surface area contributed by atoms with E-state index in [1.54, 1.807) is 7.11 Å². The summed E-state index contributed by atoms with van der Waals surface area (Å²) in [7, 11) is 1.64. The summed E-state index contributed by atoms with van der Waals surface area (Å²) in [5.74, 6) is 2.02. The third-order valence-corrected chi connectivity index (χ3v) is 4.01. The number of hydrogen-bond donors (Lipinski definition) is 2. The standard InChI is InChI=1S/C18H17BrN4O/c1-12-10-17(22-16-9-4-3-8-15(16)19)23-18(20-12)21-13-6-5-7-14(11-13)24-2/h3-11H,1-2H3,(H2,20,21,22,23). The second-order valence-corrected chi connectivity index (χ2v) is 6.03. The summed E-state index contributed by atoms with van der Waals surface area (Å²) in [4.78, 5) is 8.96. The first-order valence-corrected chi connectivity index (χ1v) is 8.21. The van der Waals surface area contributed by atoms with Gasteiger partial charge in [-0.3, -0.25) is 0 Å². The van der Waals surface area contributed by atoms with Crippen molar-refractivity contribution in [2.45, 2.75) is 6.92 Å². The topological polar surface area (TPSA) is 59.1 Å². The lowest BCUT2D eigenvalue weighted by Gasteiger charge is -2.11. The fourth-order valence-electron chi connectivity index (χ4n) is 2.22. The molecule has 0 saturated heterocycles. The lowest BCUT2D eigenvalue weighted by molar-refractivity contribution is 0.415. The van der Waals surface area contributed by atoms with Crippen LogP contribution in [0.1, 0.15) is 5.69 Å². The molecule has 0 aliphatic carbocycles. The van der Waals surface area contributed by atoms with Gasteiger partial charge in [0.1, 0.15) is 11.6 Å². The van der Waals surface area contributed by atoms with Crippen LogP contribution in [0.2, 0.25) is 0 Å². The second-order valence-electron chi connectivity index (χ2n) is 5.18. The average Bonchev–Trinajstić information content (AvgIpc) is 2.56. The van der Waals surface area contributed by atoms with Gasteiger partial charge in [0.15, 0.2) is 0 Å². The molecule has 0 saturated carbocycles. The van der Waals surface area contributed by atoms with Crippen molar-refractivity contribution < 1.29 is 4.74 Å². The Bertz CT molecular complexity index is 854. The predicted octanol–water partition coefficient (Wildman–Crippen LogP) is 5.04. The van der Waals surface area contributed by atoms with Gasteiger partial charge in [0.2, 0.25) is 5.95 Å². The van der Waals surface area contributed by atoms with E-state index in [0.717, 1.165) is 33.1 Å². The zero-order valence-electron chi connectivity index (χ0n) is 13.4. The van der Waals surface area contributed by atoms with Crippen molar-refractivity contribution in [3.05, 3.63) is 64.8 Å². The molecule has 0 aliphatic rings. The van der Waals surface area contributed by atoms with Crippen LogP contribution in [0.5, 0.6) is 5.75 Å². The Balaban J connectivity index is 1.84. The molecule has 0 aliphatic heterocycles. The smallest absolute Gasteiger partial charge is 0.229 e. The maximum absolute atomic E-state index is 5.23. The zero-order chi connectivity index (χ0) is 16.9. The first-order chi connectivity index (χ1) is 11.6. The number of nitrogens with one attached hydrogen (secondary N) is 2. The Morgan fingerprint density at radius 2 is 1.79 bits per heavy atom. The molecule has 0 bridgehead atoms. The largest absolute Gasteiger partial charge is 0.497 e. The van der Waals surface area contributed by atoms with Crippen molar-refractivity contribution >= 4 is 39.1 Å². The molecule has 0 radical (unpaired) electrons. The first kappa shape index (κ1) is 16.3. The number of rotatable bonds is 5. The third kappa shape index (κ3) is 4.02. The minimum Gasteiger partial charge on any atom is -0.497 e. The lowest BCUT2D eigenvalue weighted by Crippen LogP contribution is -2.02. The molecular weight excluding hydrogens is 368 g/mol. The summed E-state index contributed by atoms with van der Waals surface area (Å²) in [6, 6.07) is 17.4. The van der Waals surface area contributed by atoms with Gasteiger partial charge >= 0.3 is 0 Å². The summed E-state index contributed by atoms with van der Waals surface area (Å²) in [6.45, 7) is 1.93. The van der Waals surface area contributed by atoms with Gasteiger partial charge in [-0.15, -0.1) is 0 Å². The number of para-hydroxylation sites is 1. The number of benzene rings is 2. The number of anilines is 4. The molecular formula is C18H17BrN4O. The van der Waals surface area contributed by atoms with Crippen LogP contribution < -0.4 is 15.4 Å². The Morgan fingerprint density at radius 1 is 0.958 bits per heavy atom. The summed E-state index contributed by atoms with van der Waals surface area (Å²) in [5, 5.41) is 6.51. The molecule has 3 aromatic rings. The molecule has 122 valence electrons. The highest BCUT2D eigenvalue weighted by atomic mass is 79.9. The van der Waals surface area contributed by atoms with Gasteiger partial charge in [0.25, 0.3) is 0 Å². The maximum Gasteiger partial charge on any atom is 0.229 e. The number of ether oxygens (including phenoxy) is 1. The number of halogens is 1. The number of aryl methyl sites for hydroxylation is 1. The Morgan fingerprint density at radius 3 is 2.58 bits per heavy atom. The molecule has 0 unspecified atom stereocenters. The highest BCUT2D eigenvalue weighted by Crippen LogP contribution is 2.26. The van der Waals surface area contributed by atoms with E-state index in [0.29, 0.717) is 5.95 Å². The Labute approximate surface area is 149 Å². The van der Waals surface area contributed by atoms with Crippen molar-refractivity contribution in [3.8, 4) is 5.75 Å². The minimum absolute atomic E-state index is 0.526. The van der Waals surface area contributed by atoms with Crippen LogP contribution in [0.25, 0.3) is 0 Å². The van der Waals surface area contributed by atoms with Gasteiger partial charge in [-0.05, 0) is 47.1 Å². The Hall–Kier alpha value is -2.60. The molecule has 0 spiro atoms. The SMILES string of the molecule is COc1cccc(Nc2nc(C)cc(Nc3ccccc3Br)n2)c1. The summed E-state index contributed by atoms with van der Waals surface area (Å²) in [6.07, 6.45) is 0. The number of hydrogen-bond acceptors (Lipinski definition) is 5. The minimum atomic E-state index is 0.526. The van der Waals surface area contributed by atoms with Crippen LogP contribution in [-0.2, 0) is 0 Å². The van der Waals surface area contributed by atoms with Crippen molar-refractivity contribution in [3.63, 3.8) is 0 Å². The fraction of sp³-hybridized carbons (Fsp3) is 0.111. The van der Waals surface area contributed by atoms with Gasteiger partial charge in [-0.2, -0.15) is 4.98 Å². The summed E-state index contributed by atoms with van der Waals surface area (Å²) < 4.78 is 6.21. The molecule has 0 atom stereocenters. The van der Waals surface area contributed by atoms with Crippen LogP contribution in [0.15, 0.2) is 59.1 Å². The number of methoxy groups -OCH3 is 1. The van der Waals surface area contributed by atoms with Crippen LogP contribution in [0, 0.1) is 6.92 Å². The summed E-state index contributed by atoms with van der Waals surface area (Å²) in [5.41, 5.74) is 2.68. The van der Waals surface area contributed by atoms with Crippen molar-refractivity contribution in [2.24, 2.45) is 0 Å². The highest BCUT2D eigenvalue weighted by molar-refractivity contribution is 9.10. The fourth-order valence-corrected chi connectivity index (χ4v) is 2.60. The lowest BCUT2D eigenvalue weighted by atomic mass is 10.3. The van der Waals surface area contributed by atoms with E-state index in [4.69, 9.17) is 4.74 Å². The van der Waals surface area contributed by atoms with E-state index in [1.807, 2.05) is 61.5 Å². The first-order valence-electron chi connectivity index (χ1n) is 7.42. The van der Waals surface area contributed by atoms with Crippen LogP contribution in [0.4, 0.5) is 23.1 Å². The van der Waals surface area contributed by atoms with Crippen molar-refractivity contribution in [1.82, 2.24) is 9.97 Å². The molecule has 0 fully saturated rings. The summed E-state index contributed by atoms with van der Waals surface area (Å²) >= 11 is 3.53. The van der Waals surface area contributed by atoms with Gasteiger partial charge in [0.05, 0.1) is 12.8 Å². The number of nitrogens with zero attached hydrogens (tertiary/aromatic N) is 2. The van der Waals surface area contributed by atoms with Crippen LogP contribution in [0.3, 0.4) is 0 Å². The highest BCUT2D eigenvalue weighted by Gasteiger charge is 2.06. The van der Waals surface area contributed by atoms with Crippen LogP contribution in [-0.4, -0.2) is 17.1 Å². The molecule has 0 amide bonds. The van der Waals surface area contributed by atoms with E-state index < -0.39 is 0 Å².